The zero-order valence-electron chi connectivity index (χ0n) is 14.5. The summed E-state index contributed by atoms with van der Waals surface area (Å²) in [5.74, 6) is 1.54. The van der Waals surface area contributed by atoms with Gasteiger partial charge in [-0.2, -0.15) is 5.10 Å². The summed E-state index contributed by atoms with van der Waals surface area (Å²) in [6.07, 6.45) is 2.65. The predicted molar refractivity (Wildman–Crippen MR) is 90.5 cm³/mol. The number of ether oxygens (including phenoxy) is 2. The Labute approximate surface area is 141 Å². The average Bonchev–Trinajstić information content (AvgIpc) is 3.07. The number of amides is 1. The first kappa shape index (κ1) is 16.4. The van der Waals surface area contributed by atoms with E-state index in [4.69, 9.17) is 9.47 Å². The van der Waals surface area contributed by atoms with Gasteiger partial charge in [0.05, 0.1) is 18.4 Å². The van der Waals surface area contributed by atoms with Crippen molar-refractivity contribution in [2.24, 2.45) is 7.05 Å². The monoisotopic (exact) mass is 329 g/mol. The fourth-order valence-corrected chi connectivity index (χ4v) is 2.90. The highest BCUT2D eigenvalue weighted by atomic mass is 16.5. The van der Waals surface area contributed by atoms with Crippen LogP contribution in [-0.2, 0) is 20.0 Å². The van der Waals surface area contributed by atoms with Gasteiger partial charge in [-0.15, -0.1) is 0 Å². The van der Waals surface area contributed by atoms with Crippen LogP contribution in [-0.4, -0.2) is 28.4 Å². The zero-order chi connectivity index (χ0) is 17.3. The Bertz CT molecular complexity index is 767. The molecule has 0 saturated heterocycles. The maximum atomic E-state index is 12.4. The maximum Gasteiger partial charge on any atom is 0.255 e. The van der Waals surface area contributed by atoms with Crippen LogP contribution >= 0.6 is 0 Å². The Balaban J connectivity index is 1.78. The van der Waals surface area contributed by atoms with Gasteiger partial charge in [0, 0.05) is 36.8 Å². The number of aryl methyl sites for hydroxylation is 1. The van der Waals surface area contributed by atoms with Crippen molar-refractivity contribution in [3.63, 3.8) is 0 Å². The average molecular weight is 329 g/mol. The van der Waals surface area contributed by atoms with Crippen LogP contribution in [0.1, 0.15) is 41.0 Å². The molecule has 1 aromatic heterocycles. The van der Waals surface area contributed by atoms with Crippen LogP contribution in [0.4, 0.5) is 0 Å². The second kappa shape index (κ2) is 6.55. The number of hydrogen-bond acceptors (Lipinski definition) is 4. The molecule has 1 amide bonds. The largest absolute Gasteiger partial charge is 0.494 e. The quantitative estimate of drug-likeness (QED) is 0.915. The van der Waals surface area contributed by atoms with Gasteiger partial charge in [0.15, 0.2) is 0 Å². The second-order valence-corrected chi connectivity index (χ2v) is 6.08. The van der Waals surface area contributed by atoms with Crippen molar-refractivity contribution < 1.29 is 14.3 Å². The van der Waals surface area contributed by atoms with Crippen molar-refractivity contribution in [3.05, 3.63) is 40.7 Å². The fraction of sp³-hybridized carbons (Fsp3) is 0.444. The zero-order valence-corrected chi connectivity index (χ0v) is 14.5. The normalized spacial score (nSPS) is 15.8. The number of fused-ring (bicyclic) bond motifs is 1. The molecule has 24 heavy (non-hydrogen) atoms. The molecule has 6 nitrogen and oxygen atoms in total. The first-order chi connectivity index (χ1) is 11.5. The standard InChI is InChI=1S/C18H23N3O3/c1-5-23-16-7-13-6-11(2)24-17(13)8-14(16)9-19-18(22)15-10-20-21(4)12(15)3/h7-8,10-11H,5-6,9H2,1-4H3,(H,19,22)/t11-/m0/s1. The van der Waals surface area contributed by atoms with Gasteiger partial charge in [-0.1, -0.05) is 0 Å². The van der Waals surface area contributed by atoms with E-state index in [1.54, 1.807) is 10.9 Å². The maximum absolute atomic E-state index is 12.4. The number of hydrogen-bond donors (Lipinski definition) is 1. The molecule has 0 unspecified atom stereocenters. The fourth-order valence-electron chi connectivity index (χ4n) is 2.90. The molecular formula is C18H23N3O3. The van der Waals surface area contributed by atoms with Crippen LogP contribution in [0, 0.1) is 6.92 Å². The smallest absolute Gasteiger partial charge is 0.255 e. The number of nitrogens with one attached hydrogen (secondary N) is 1. The summed E-state index contributed by atoms with van der Waals surface area (Å²) >= 11 is 0. The molecule has 1 aliphatic rings. The topological polar surface area (TPSA) is 65.4 Å². The van der Waals surface area contributed by atoms with Crippen molar-refractivity contribution >= 4 is 5.91 Å². The minimum Gasteiger partial charge on any atom is -0.494 e. The number of benzene rings is 1. The molecule has 2 heterocycles. The lowest BCUT2D eigenvalue weighted by Crippen LogP contribution is -2.23. The first-order valence-corrected chi connectivity index (χ1v) is 8.21. The van der Waals surface area contributed by atoms with E-state index in [1.807, 2.05) is 40.0 Å². The van der Waals surface area contributed by atoms with Gasteiger partial charge in [0.2, 0.25) is 0 Å². The molecule has 0 aliphatic carbocycles. The summed E-state index contributed by atoms with van der Waals surface area (Å²) in [4.78, 5) is 12.4. The third kappa shape index (κ3) is 3.09. The number of carbonyl (C=O) groups excluding carboxylic acids is 1. The van der Waals surface area contributed by atoms with E-state index in [2.05, 4.69) is 10.4 Å². The van der Waals surface area contributed by atoms with Crippen LogP contribution in [0.25, 0.3) is 0 Å². The molecule has 3 rings (SSSR count). The molecule has 6 heteroatoms. The van der Waals surface area contributed by atoms with E-state index in [0.717, 1.165) is 34.7 Å². The SMILES string of the molecule is CCOc1cc2c(cc1CNC(=O)c1cnn(C)c1C)O[C@@H](C)C2. The summed E-state index contributed by atoms with van der Waals surface area (Å²) in [7, 11) is 1.82. The van der Waals surface area contributed by atoms with Crippen LogP contribution < -0.4 is 14.8 Å². The summed E-state index contributed by atoms with van der Waals surface area (Å²) in [6, 6.07) is 4.00. The Hall–Kier alpha value is -2.50. The molecule has 1 aromatic carbocycles. The van der Waals surface area contributed by atoms with Crippen LogP contribution in [0.3, 0.4) is 0 Å². The summed E-state index contributed by atoms with van der Waals surface area (Å²) in [6.45, 7) is 6.84. The van der Waals surface area contributed by atoms with E-state index in [0.29, 0.717) is 18.7 Å². The van der Waals surface area contributed by atoms with Gasteiger partial charge < -0.3 is 14.8 Å². The van der Waals surface area contributed by atoms with E-state index in [9.17, 15) is 4.79 Å². The molecule has 0 fully saturated rings. The summed E-state index contributed by atoms with van der Waals surface area (Å²) in [5, 5.41) is 7.05. The van der Waals surface area contributed by atoms with Crippen LogP contribution in [0.5, 0.6) is 11.5 Å². The lowest BCUT2D eigenvalue weighted by Gasteiger charge is -2.13. The van der Waals surface area contributed by atoms with Gasteiger partial charge in [-0.25, -0.2) is 0 Å². The first-order valence-electron chi connectivity index (χ1n) is 8.21. The molecule has 0 spiro atoms. The van der Waals surface area contributed by atoms with Crippen molar-refractivity contribution in [2.45, 2.75) is 39.8 Å². The van der Waals surface area contributed by atoms with Gasteiger partial charge in [0.25, 0.3) is 5.91 Å². The van der Waals surface area contributed by atoms with Crippen molar-refractivity contribution in [1.82, 2.24) is 15.1 Å². The molecule has 2 aromatic rings. The number of aromatic nitrogens is 2. The third-order valence-electron chi connectivity index (χ3n) is 4.30. The van der Waals surface area contributed by atoms with E-state index < -0.39 is 0 Å². The molecule has 1 atom stereocenters. The summed E-state index contributed by atoms with van der Waals surface area (Å²) in [5.41, 5.74) is 3.49. The Morgan fingerprint density at radius 3 is 2.96 bits per heavy atom. The van der Waals surface area contributed by atoms with Gasteiger partial charge in [-0.05, 0) is 32.9 Å². The van der Waals surface area contributed by atoms with Crippen LogP contribution in [0.15, 0.2) is 18.3 Å². The molecular weight excluding hydrogens is 306 g/mol. The lowest BCUT2D eigenvalue weighted by molar-refractivity contribution is 0.0950. The Kier molecular flexibility index (Phi) is 4.46. The van der Waals surface area contributed by atoms with Gasteiger partial charge in [-0.3, -0.25) is 9.48 Å². The van der Waals surface area contributed by atoms with Crippen molar-refractivity contribution in [1.29, 1.82) is 0 Å². The Morgan fingerprint density at radius 1 is 1.50 bits per heavy atom. The van der Waals surface area contributed by atoms with E-state index >= 15 is 0 Å². The third-order valence-corrected chi connectivity index (χ3v) is 4.30. The van der Waals surface area contributed by atoms with E-state index in [1.165, 1.54) is 0 Å². The highest BCUT2D eigenvalue weighted by molar-refractivity contribution is 5.95. The van der Waals surface area contributed by atoms with Crippen LogP contribution in [0.2, 0.25) is 0 Å². The van der Waals surface area contributed by atoms with Gasteiger partial charge >= 0.3 is 0 Å². The number of carbonyl (C=O) groups is 1. The lowest BCUT2D eigenvalue weighted by atomic mass is 10.1. The Morgan fingerprint density at radius 2 is 2.29 bits per heavy atom. The predicted octanol–water partition coefficient (Wildman–Crippen LogP) is 2.38. The second-order valence-electron chi connectivity index (χ2n) is 6.08. The highest BCUT2D eigenvalue weighted by Gasteiger charge is 2.22. The molecule has 1 aliphatic heterocycles. The molecule has 0 saturated carbocycles. The minimum absolute atomic E-state index is 0.141. The minimum atomic E-state index is -0.141. The summed E-state index contributed by atoms with van der Waals surface area (Å²) < 4.78 is 13.2. The van der Waals surface area contributed by atoms with Gasteiger partial charge in [0.1, 0.15) is 17.6 Å². The van der Waals surface area contributed by atoms with Crippen molar-refractivity contribution in [2.75, 3.05) is 6.61 Å². The number of rotatable bonds is 5. The number of nitrogens with zero attached hydrogens (tertiary/aromatic N) is 2. The molecule has 1 N–H and O–H groups in total. The molecule has 0 radical (unpaired) electrons. The molecule has 0 bridgehead atoms. The van der Waals surface area contributed by atoms with Crippen molar-refractivity contribution in [3.8, 4) is 11.5 Å². The van der Waals surface area contributed by atoms with E-state index in [-0.39, 0.29) is 12.0 Å². The highest BCUT2D eigenvalue weighted by Crippen LogP contribution is 2.35. The molecule has 128 valence electrons.